The molecule has 0 aliphatic carbocycles. The number of ether oxygens (including phenoxy) is 1. The summed E-state index contributed by atoms with van der Waals surface area (Å²) in [5.74, 6) is 0.499. The average Bonchev–Trinajstić information content (AvgIpc) is 3.29. The molecule has 2 heterocycles. The van der Waals surface area contributed by atoms with E-state index in [0.29, 0.717) is 23.2 Å². The smallest absolute Gasteiger partial charge is 0.270 e. The maximum atomic E-state index is 10.8. The van der Waals surface area contributed by atoms with E-state index in [0.717, 1.165) is 39.3 Å². The van der Waals surface area contributed by atoms with Gasteiger partial charge in [0.2, 0.25) is 0 Å². The highest BCUT2D eigenvalue weighted by atomic mass is 16.6. The van der Waals surface area contributed by atoms with Crippen LogP contribution in [0.4, 0.5) is 11.4 Å². The second-order valence-electron chi connectivity index (χ2n) is 6.41. The summed E-state index contributed by atoms with van der Waals surface area (Å²) in [7, 11) is 0. The van der Waals surface area contributed by atoms with Gasteiger partial charge >= 0.3 is 0 Å². The Morgan fingerprint density at radius 1 is 1.46 bits per heavy atom. The van der Waals surface area contributed by atoms with Gasteiger partial charge in [-0.3, -0.25) is 15.0 Å². The zero-order chi connectivity index (χ0) is 16.9. The minimum Gasteiger partial charge on any atom is -0.382 e. The van der Waals surface area contributed by atoms with Gasteiger partial charge in [-0.15, -0.1) is 0 Å². The van der Waals surface area contributed by atoms with Crippen LogP contribution in [0.5, 0.6) is 0 Å². The van der Waals surface area contributed by atoms with Gasteiger partial charge in [0.15, 0.2) is 0 Å². The average molecular weight is 330 g/mol. The molecule has 7 heteroatoms. The number of non-ortho nitro benzene ring substituents is 1. The van der Waals surface area contributed by atoms with Crippen molar-refractivity contribution < 1.29 is 9.66 Å². The molecule has 2 aliphatic rings. The van der Waals surface area contributed by atoms with Crippen LogP contribution < -0.4 is 5.32 Å². The topological polar surface area (TPSA) is 91.4 Å². The third-order valence-electron chi connectivity index (χ3n) is 4.95. The summed E-state index contributed by atoms with van der Waals surface area (Å²) < 4.78 is 5.55. The minimum atomic E-state index is -0.479. The lowest BCUT2D eigenvalue weighted by Crippen LogP contribution is -2.44. The predicted octanol–water partition coefficient (Wildman–Crippen LogP) is 2.38. The van der Waals surface area contributed by atoms with Gasteiger partial charge in [-0.25, -0.2) is 0 Å². The van der Waals surface area contributed by atoms with Gasteiger partial charge in [0.25, 0.3) is 5.69 Å². The molecule has 2 saturated heterocycles. The highest BCUT2D eigenvalue weighted by Gasteiger charge is 2.31. The van der Waals surface area contributed by atoms with Gasteiger partial charge in [0.1, 0.15) is 6.07 Å². The Bertz CT molecular complexity index is 615. The monoisotopic (exact) mass is 330 g/mol. The lowest BCUT2D eigenvalue weighted by atomic mass is 9.97. The zero-order valence-electron chi connectivity index (χ0n) is 13.6. The van der Waals surface area contributed by atoms with Crippen LogP contribution in [-0.2, 0) is 4.74 Å². The number of nitro benzene ring substituents is 1. The molecule has 0 aromatic heterocycles. The van der Waals surface area contributed by atoms with Crippen molar-refractivity contribution in [3.8, 4) is 6.07 Å². The molecule has 7 nitrogen and oxygen atoms in total. The van der Waals surface area contributed by atoms with Crippen molar-refractivity contribution in [3.63, 3.8) is 0 Å². The van der Waals surface area contributed by atoms with Crippen LogP contribution in [0.25, 0.3) is 0 Å². The van der Waals surface area contributed by atoms with Crippen LogP contribution in [0.2, 0.25) is 0 Å². The van der Waals surface area contributed by atoms with Crippen molar-refractivity contribution in [2.75, 3.05) is 38.2 Å². The zero-order valence-corrected chi connectivity index (χ0v) is 13.6. The Morgan fingerprint density at radius 2 is 2.25 bits per heavy atom. The Balaban J connectivity index is 1.72. The van der Waals surface area contributed by atoms with Gasteiger partial charge < -0.3 is 10.1 Å². The SMILES string of the molecule is N#Cc1cc([N+](=O)[O-])ccc1NC[C@@H]([C@H]1CCOC1)N1CCCC1. The molecule has 1 N–H and O–H groups in total. The predicted molar refractivity (Wildman–Crippen MR) is 89.8 cm³/mol. The van der Waals surface area contributed by atoms with E-state index in [2.05, 4.69) is 10.2 Å². The highest BCUT2D eigenvalue weighted by Crippen LogP contribution is 2.26. The number of hydrogen-bond acceptors (Lipinski definition) is 6. The summed E-state index contributed by atoms with van der Waals surface area (Å²) in [4.78, 5) is 12.9. The lowest BCUT2D eigenvalue weighted by molar-refractivity contribution is -0.384. The van der Waals surface area contributed by atoms with Gasteiger partial charge in [-0.2, -0.15) is 5.26 Å². The second kappa shape index (κ2) is 7.60. The van der Waals surface area contributed by atoms with E-state index in [1.54, 1.807) is 6.07 Å². The normalized spacial score (nSPS) is 22.2. The van der Waals surface area contributed by atoms with E-state index in [-0.39, 0.29) is 5.69 Å². The first-order valence-corrected chi connectivity index (χ1v) is 8.43. The van der Waals surface area contributed by atoms with Crippen LogP contribution in [0.3, 0.4) is 0 Å². The molecule has 0 spiro atoms. The molecule has 0 amide bonds. The van der Waals surface area contributed by atoms with Crippen LogP contribution in [0, 0.1) is 27.4 Å². The third-order valence-corrected chi connectivity index (χ3v) is 4.95. The van der Waals surface area contributed by atoms with E-state index in [9.17, 15) is 15.4 Å². The van der Waals surface area contributed by atoms with Gasteiger partial charge in [0, 0.05) is 37.2 Å². The largest absolute Gasteiger partial charge is 0.382 e. The first-order chi connectivity index (χ1) is 11.7. The van der Waals surface area contributed by atoms with Gasteiger partial charge in [-0.05, 0) is 38.4 Å². The fourth-order valence-electron chi connectivity index (χ4n) is 3.63. The van der Waals surface area contributed by atoms with Crippen molar-refractivity contribution in [1.82, 2.24) is 4.90 Å². The molecule has 24 heavy (non-hydrogen) atoms. The summed E-state index contributed by atoms with van der Waals surface area (Å²) in [6.07, 6.45) is 3.52. The third kappa shape index (κ3) is 3.66. The Labute approximate surface area is 141 Å². The summed E-state index contributed by atoms with van der Waals surface area (Å²) >= 11 is 0. The number of nitrogens with one attached hydrogen (secondary N) is 1. The maximum Gasteiger partial charge on any atom is 0.270 e. The molecular weight excluding hydrogens is 308 g/mol. The lowest BCUT2D eigenvalue weighted by Gasteiger charge is -2.32. The van der Waals surface area contributed by atoms with Crippen molar-refractivity contribution in [3.05, 3.63) is 33.9 Å². The number of anilines is 1. The van der Waals surface area contributed by atoms with Crippen molar-refractivity contribution in [1.29, 1.82) is 5.26 Å². The first-order valence-electron chi connectivity index (χ1n) is 8.43. The molecule has 3 rings (SSSR count). The van der Waals surface area contributed by atoms with Gasteiger partial charge in [0.05, 0.1) is 22.8 Å². The number of likely N-dealkylation sites (tertiary alicyclic amines) is 1. The van der Waals surface area contributed by atoms with Crippen LogP contribution in [-0.4, -0.2) is 48.7 Å². The number of rotatable bonds is 6. The maximum absolute atomic E-state index is 10.8. The van der Waals surface area contributed by atoms with Crippen molar-refractivity contribution in [2.45, 2.75) is 25.3 Å². The van der Waals surface area contributed by atoms with E-state index >= 15 is 0 Å². The molecule has 2 fully saturated rings. The quantitative estimate of drug-likeness (QED) is 0.636. The molecule has 2 aliphatic heterocycles. The highest BCUT2D eigenvalue weighted by molar-refractivity contribution is 5.61. The number of nitriles is 1. The second-order valence-corrected chi connectivity index (χ2v) is 6.41. The van der Waals surface area contributed by atoms with Crippen LogP contribution >= 0.6 is 0 Å². The number of nitrogens with zero attached hydrogens (tertiary/aromatic N) is 3. The van der Waals surface area contributed by atoms with Crippen LogP contribution in [0.1, 0.15) is 24.8 Å². The van der Waals surface area contributed by atoms with Crippen molar-refractivity contribution in [2.24, 2.45) is 5.92 Å². The molecular formula is C17H22N4O3. The fraction of sp³-hybridized carbons (Fsp3) is 0.588. The summed E-state index contributed by atoms with van der Waals surface area (Å²) in [6, 6.07) is 6.81. The Kier molecular flexibility index (Phi) is 5.28. The molecule has 1 aromatic rings. The molecule has 128 valence electrons. The molecule has 0 bridgehead atoms. The Hall–Kier alpha value is -2.17. The standard InChI is InChI=1S/C17H22N4O3/c18-10-14-9-15(21(22)23)3-4-16(14)19-11-17(13-5-8-24-12-13)20-6-1-2-7-20/h3-4,9,13,17,19H,1-2,5-8,11-12H2/t13-,17-/m0/s1. The number of hydrogen-bond donors (Lipinski definition) is 1. The van der Waals surface area contributed by atoms with E-state index in [1.807, 2.05) is 6.07 Å². The molecule has 2 atom stereocenters. The fourth-order valence-corrected chi connectivity index (χ4v) is 3.63. The first kappa shape index (κ1) is 16.7. The Morgan fingerprint density at radius 3 is 2.88 bits per heavy atom. The summed E-state index contributed by atoms with van der Waals surface area (Å²) in [5, 5.41) is 23.5. The van der Waals surface area contributed by atoms with E-state index < -0.39 is 4.92 Å². The minimum absolute atomic E-state index is 0.0580. The summed E-state index contributed by atoms with van der Waals surface area (Å²) in [5.41, 5.74) is 0.913. The number of nitro groups is 1. The van der Waals surface area contributed by atoms with E-state index in [1.165, 1.54) is 25.0 Å². The molecule has 1 aromatic carbocycles. The number of benzene rings is 1. The van der Waals surface area contributed by atoms with E-state index in [4.69, 9.17) is 4.74 Å². The molecule has 0 saturated carbocycles. The van der Waals surface area contributed by atoms with Crippen LogP contribution in [0.15, 0.2) is 18.2 Å². The molecule has 0 unspecified atom stereocenters. The summed E-state index contributed by atoms with van der Waals surface area (Å²) in [6.45, 7) is 4.53. The molecule has 0 radical (unpaired) electrons. The van der Waals surface area contributed by atoms with Gasteiger partial charge in [-0.1, -0.05) is 0 Å². The van der Waals surface area contributed by atoms with Crippen molar-refractivity contribution >= 4 is 11.4 Å².